The molecule has 3 unspecified atom stereocenters. The van der Waals surface area contributed by atoms with Gasteiger partial charge in [-0.2, -0.15) is 0 Å². The lowest BCUT2D eigenvalue weighted by Crippen LogP contribution is -2.42. The van der Waals surface area contributed by atoms with E-state index in [1.165, 1.54) is 0 Å². The monoisotopic (exact) mass is 243 g/mol. The Bertz CT molecular complexity index is 213. The maximum atomic E-state index is 9.94. The fourth-order valence-electron chi connectivity index (χ4n) is 2.43. The molecular weight excluding hydrogens is 214 g/mol. The average molecular weight is 243 g/mol. The zero-order valence-electron chi connectivity index (χ0n) is 11.8. The first kappa shape index (κ1) is 14.9. The van der Waals surface area contributed by atoms with Crippen molar-refractivity contribution in [3.8, 4) is 0 Å². The summed E-state index contributed by atoms with van der Waals surface area (Å²) in [6.45, 7) is 10.2. The van der Waals surface area contributed by atoms with Crippen LogP contribution in [0.4, 0.5) is 0 Å². The summed E-state index contributed by atoms with van der Waals surface area (Å²) in [6, 6.07) is 0.517. The van der Waals surface area contributed by atoms with Gasteiger partial charge >= 0.3 is 0 Å². The van der Waals surface area contributed by atoms with E-state index in [1.54, 1.807) is 0 Å². The normalized spacial score (nSPS) is 28.1. The summed E-state index contributed by atoms with van der Waals surface area (Å²) in [7, 11) is 0. The SMILES string of the molecule is CCC1CC(NCC(O)CC(C)(C)C)CCO1. The minimum absolute atomic E-state index is 0.197. The van der Waals surface area contributed by atoms with E-state index in [4.69, 9.17) is 4.74 Å². The van der Waals surface area contributed by atoms with E-state index in [-0.39, 0.29) is 11.5 Å². The van der Waals surface area contributed by atoms with E-state index in [1.807, 2.05) is 0 Å². The lowest BCUT2D eigenvalue weighted by atomic mass is 9.89. The predicted octanol–water partition coefficient (Wildman–Crippen LogP) is 2.33. The van der Waals surface area contributed by atoms with Gasteiger partial charge in [0.1, 0.15) is 0 Å². The molecule has 2 N–H and O–H groups in total. The van der Waals surface area contributed by atoms with Gasteiger partial charge in [0.05, 0.1) is 12.2 Å². The zero-order valence-corrected chi connectivity index (χ0v) is 11.8. The fraction of sp³-hybridized carbons (Fsp3) is 1.00. The zero-order chi connectivity index (χ0) is 12.9. The number of aliphatic hydroxyl groups is 1. The Morgan fingerprint density at radius 1 is 1.41 bits per heavy atom. The van der Waals surface area contributed by atoms with E-state index in [2.05, 4.69) is 33.0 Å². The topological polar surface area (TPSA) is 41.5 Å². The maximum absolute atomic E-state index is 9.94. The van der Waals surface area contributed by atoms with Gasteiger partial charge in [0.2, 0.25) is 0 Å². The Morgan fingerprint density at radius 3 is 2.71 bits per heavy atom. The van der Waals surface area contributed by atoms with Crippen molar-refractivity contribution in [3.05, 3.63) is 0 Å². The van der Waals surface area contributed by atoms with Crippen molar-refractivity contribution >= 4 is 0 Å². The number of hydrogen-bond donors (Lipinski definition) is 2. The molecular formula is C14H29NO2. The molecule has 1 rings (SSSR count). The molecule has 102 valence electrons. The third kappa shape index (κ3) is 6.39. The Hall–Kier alpha value is -0.120. The molecule has 3 atom stereocenters. The third-order valence-corrected chi connectivity index (χ3v) is 3.31. The summed E-state index contributed by atoms with van der Waals surface area (Å²) in [5, 5.41) is 13.4. The number of hydrogen-bond acceptors (Lipinski definition) is 3. The van der Waals surface area contributed by atoms with E-state index >= 15 is 0 Å². The third-order valence-electron chi connectivity index (χ3n) is 3.31. The maximum Gasteiger partial charge on any atom is 0.0669 e. The Balaban J connectivity index is 2.21. The molecule has 0 amide bonds. The van der Waals surface area contributed by atoms with Crippen LogP contribution < -0.4 is 5.32 Å². The van der Waals surface area contributed by atoms with Crippen LogP contribution in [0.3, 0.4) is 0 Å². The molecule has 1 heterocycles. The van der Waals surface area contributed by atoms with Crippen LogP contribution in [-0.4, -0.2) is 36.5 Å². The second-order valence-corrected chi connectivity index (χ2v) is 6.45. The van der Waals surface area contributed by atoms with Crippen molar-refractivity contribution in [2.45, 2.75) is 71.6 Å². The van der Waals surface area contributed by atoms with Gasteiger partial charge in [-0.15, -0.1) is 0 Å². The second kappa shape index (κ2) is 6.72. The van der Waals surface area contributed by atoms with Crippen LogP contribution in [0.1, 0.15) is 53.4 Å². The number of rotatable bonds is 5. The van der Waals surface area contributed by atoms with Crippen molar-refractivity contribution in [2.75, 3.05) is 13.2 Å². The summed E-state index contributed by atoms with van der Waals surface area (Å²) in [6.07, 6.45) is 4.25. The molecule has 1 aliphatic rings. The Kier molecular flexibility index (Phi) is 5.90. The van der Waals surface area contributed by atoms with Crippen LogP contribution >= 0.6 is 0 Å². The van der Waals surface area contributed by atoms with Crippen LogP contribution in [0.2, 0.25) is 0 Å². The minimum Gasteiger partial charge on any atom is -0.392 e. The van der Waals surface area contributed by atoms with Crippen LogP contribution in [0, 0.1) is 5.41 Å². The van der Waals surface area contributed by atoms with Crippen molar-refractivity contribution in [1.29, 1.82) is 0 Å². The smallest absolute Gasteiger partial charge is 0.0669 e. The van der Waals surface area contributed by atoms with Gasteiger partial charge in [-0.25, -0.2) is 0 Å². The van der Waals surface area contributed by atoms with Crippen molar-refractivity contribution in [2.24, 2.45) is 5.41 Å². The molecule has 1 aliphatic heterocycles. The molecule has 0 aliphatic carbocycles. The largest absolute Gasteiger partial charge is 0.392 e. The van der Waals surface area contributed by atoms with Gasteiger partial charge < -0.3 is 15.2 Å². The summed E-state index contributed by atoms with van der Waals surface area (Å²) < 4.78 is 5.64. The quantitative estimate of drug-likeness (QED) is 0.778. The molecule has 3 heteroatoms. The first-order valence-corrected chi connectivity index (χ1v) is 6.93. The number of nitrogens with one attached hydrogen (secondary N) is 1. The number of ether oxygens (including phenoxy) is 1. The van der Waals surface area contributed by atoms with Gasteiger partial charge in [-0.1, -0.05) is 27.7 Å². The van der Waals surface area contributed by atoms with Gasteiger partial charge in [0, 0.05) is 19.2 Å². The average Bonchev–Trinajstić information content (AvgIpc) is 2.24. The molecule has 0 radical (unpaired) electrons. The molecule has 0 aromatic carbocycles. The van der Waals surface area contributed by atoms with Gasteiger partial charge in [0.25, 0.3) is 0 Å². The van der Waals surface area contributed by atoms with E-state index < -0.39 is 0 Å². The highest BCUT2D eigenvalue weighted by Crippen LogP contribution is 2.21. The summed E-state index contributed by atoms with van der Waals surface area (Å²) in [5.41, 5.74) is 0.197. The predicted molar refractivity (Wildman–Crippen MR) is 71.1 cm³/mol. The fourth-order valence-corrected chi connectivity index (χ4v) is 2.43. The van der Waals surface area contributed by atoms with E-state index in [0.29, 0.717) is 18.7 Å². The Morgan fingerprint density at radius 2 is 2.12 bits per heavy atom. The highest BCUT2D eigenvalue weighted by molar-refractivity contribution is 4.78. The Labute approximate surface area is 106 Å². The first-order valence-electron chi connectivity index (χ1n) is 6.93. The summed E-state index contributed by atoms with van der Waals surface area (Å²) in [4.78, 5) is 0. The van der Waals surface area contributed by atoms with Crippen molar-refractivity contribution in [3.63, 3.8) is 0 Å². The summed E-state index contributed by atoms with van der Waals surface area (Å²) in [5.74, 6) is 0. The van der Waals surface area contributed by atoms with Crippen LogP contribution in [0.15, 0.2) is 0 Å². The molecule has 3 nitrogen and oxygen atoms in total. The molecule has 1 fully saturated rings. The van der Waals surface area contributed by atoms with Crippen molar-refractivity contribution in [1.82, 2.24) is 5.32 Å². The van der Waals surface area contributed by atoms with E-state index in [9.17, 15) is 5.11 Å². The van der Waals surface area contributed by atoms with Crippen LogP contribution in [-0.2, 0) is 4.74 Å². The molecule has 0 spiro atoms. The summed E-state index contributed by atoms with van der Waals surface area (Å²) >= 11 is 0. The second-order valence-electron chi connectivity index (χ2n) is 6.45. The standard InChI is InChI=1S/C14H29NO2/c1-5-13-8-11(6-7-17-13)15-10-12(16)9-14(2,3)4/h11-13,15-16H,5-10H2,1-4H3. The number of aliphatic hydroxyl groups excluding tert-OH is 1. The van der Waals surface area contributed by atoms with Crippen molar-refractivity contribution < 1.29 is 9.84 Å². The minimum atomic E-state index is -0.238. The van der Waals surface area contributed by atoms with Gasteiger partial charge in [-0.05, 0) is 31.1 Å². The lowest BCUT2D eigenvalue weighted by molar-refractivity contribution is -0.00283. The molecule has 0 aromatic heterocycles. The molecule has 0 bridgehead atoms. The molecule has 0 saturated carbocycles. The highest BCUT2D eigenvalue weighted by Gasteiger charge is 2.22. The molecule has 1 saturated heterocycles. The van der Waals surface area contributed by atoms with Crippen LogP contribution in [0.25, 0.3) is 0 Å². The highest BCUT2D eigenvalue weighted by atomic mass is 16.5. The molecule has 17 heavy (non-hydrogen) atoms. The van der Waals surface area contributed by atoms with Gasteiger partial charge in [0.15, 0.2) is 0 Å². The van der Waals surface area contributed by atoms with E-state index in [0.717, 1.165) is 32.3 Å². The molecule has 0 aromatic rings. The van der Waals surface area contributed by atoms with Crippen LogP contribution in [0.5, 0.6) is 0 Å². The van der Waals surface area contributed by atoms with Gasteiger partial charge in [-0.3, -0.25) is 0 Å². The first-order chi connectivity index (χ1) is 7.90. The lowest BCUT2D eigenvalue weighted by Gasteiger charge is -2.31.